The van der Waals surface area contributed by atoms with Crippen LogP contribution in [-0.2, 0) is 18.0 Å². The average Bonchev–Trinajstić information content (AvgIpc) is 2.92. The van der Waals surface area contributed by atoms with Crippen molar-refractivity contribution < 1.29 is 4.84 Å². The van der Waals surface area contributed by atoms with Gasteiger partial charge in [0.25, 0.3) is 0 Å². The van der Waals surface area contributed by atoms with Crippen molar-refractivity contribution in [3.63, 3.8) is 0 Å². The van der Waals surface area contributed by atoms with Crippen LogP contribution in [0.3, 0.4) is 0 Å². The summed E-state index contributed by atoms with van der Waals surface area (Å²) in [6, 6.07) is 7.08. The highest BCUT2D eigenvalue weighted by Crippen LogP contribution is 2.10. The number of aromatic nitrogens is 4. The van der Waals surface area contributed by atoms with Crippen molar-refractivity contribution in [2.45, 2.75) is 32.9 Å². The molecule has 0 spiro atoms. The summed E-state index contributed by atoms with van der Waals surface area (Å²) in [7, 11) is 0. The zero-order valence-electron chi connectivity index (χ0n) is 11.7. The minimum atomic E-state index is 0.165. The summed E-state index contributed by atoms with van der Waals surface area (Å²) >= 11 is 5.89. The molecule has 0 saturated carbocycles. The molecular formula is C13H17ClN6O. The second-order valence-corrected chi connectivity index (χ2v) is 4.87. The van der Waals surface area contributed by atoms with Crippen LogP contribution in [0.4, 0.5) is 0 Å². The molecule has 1 aromatic carbocycles. The lowest BCUT2D eigenvalue weighted by Crippen LogP contribution is -2.14. The molecule has 0 radical (unpaired) electrons. The van der Waals surface area contributed by atoms with Crippen molar-refractivity contribution in [1.82, 2.24) is 20.2 Å². The zero-order valence-corrected chi connectivity index (χ0v) is 12.5. The van der Waals surface area contributed by atoms with Crippen LogP contribution in [0.15, 0.2) is 29.4 Å². The van der Waals surface area contributed by atoms with Crippen molar-refractivity contribution in [1.29, 1.82) is 0 Å². The molecule has 0 fully saturated rings. The fourth-order valence-corrected chi connectivity index (χ4v) is 1.86. The maximum absolute atomic E-state index is 5.89. The highest BCUT2D eigenvalue weighted by Gasteiger charge is 2.06. The van der Waals surface area contributed by atoms with Gasteiger partial charge < -0.3 is 10.6 Å². The molecule has 2 N–H and O–H groups in total. The number of benzene rings is 1. The van der Waals surface area contributed by atoms with E-state index in [1.807, 2.05) is 0 Å². The van der Waals surface area contributed by atoms with E-state index in [1.54, 1.807) is 28.9 Å². The summed E-state index contributed by atoms with van der Waals surface area (Å²) in [5, 5.41) is 15.9. The molecular weight excluding hydrogens is 292 g/mol. The third-order valence-corrected chi connectivity index (χ3v) is 3.04. The van der Waals surface area contributed by atoms with Crippen LogP contribution >= 0.6 is 11.6 Å². The van der Waals surface area contributed by atoms with Gasteiger partial charge in [-0.25, -0.2) is 4.68 Å². The predicted molar refractivity (Wildman–Crippen MR) is 79.7 cm³/mol. The third-order valence-electron chi connectivity index (χ3n) is 2.81. The van der Waals surface area contributed by atoms with Crippen LogP contribution in [0.2, 0.25) is 5.02 Å². The first-order valence-electron chi connectivity index (χ1n) is 6.67. The molecule has 0 saturated heterocycles. The van der Waals surface area contributed by atoms with Crippen LogP contribution in [0.1, 0.15) is 31.2 Å². The number of hydrogen-bond donors (Lipinski definition) is 1. The molecule has 0 aliphatic rings. The molecule has 0 unspecified atom stereocenters. The van der Waals surface area contributed by atoms with Gasteiger partial charge in [0.05, 0.1) is 0 Å². The second-order valence-electron chi connectivity index (χ2n) is 4.43. The fourth-order valence-electron chi connectivity index (χ4n) is 1.67. The molecule has 2 rings (SSSR count). The van der Waals surface area contributed by atoms with E-state index in [0.717, 1.165) is 19.4 Å². The lowest BCUT2D eigenvalue weighted by atomic mass is 10.2. The first kappa shape index (κ1) is 15.2. The Morgan fingerprint density at radius 2 is 2.33 bits per heavy atom. The van der Waals surface area contributed by atoms with Gasteiger partial charge in [0.2, 0.25) is 0 Å². The number of halogens is 1. The van der Waals surface area contributed by atoms with Gasteiger partial charge in [-0.2, -0.15) is 0 Å². The van der Waals surface area contributed by atoms with E-state index in [1.165, 1.54) is 0 Å². The summed E-state index contributed by atoms with van der Waals surface area (Å²) in [6.45, 7) is 3.03. The zero-order chi connectivity index (χ0) is 15.1. The summed E-state index contributed by atoms with van der Waals surface area (Å²) in [6.07, 6.45) is 2.08. The first-order chi connectivity index (χ1) is 10.2. The summed E-state index contributed by atoms with van der Waals surface area (Å²) in [5.74, 6) is 0.871. The van der Waals surface area contributed by atoms with E-state index in [-0.39, 0.29) is 12.4 Å². The van der Waals surface area contributed by atoms with Gasteiger partial charge in [0, 0.05) is 17.1 Å². The minimum absolute atomic E-state index is 0.165. The van der Waals surface area contributed by atoms with Crippen LogP contribution in [0, 0.1) is 0 Å². The number of amidine groups is 1. The molecule has 2 aromatic rings. The number of rotatable bonds is 7. The molecule has 1 heterocycles. The number of aryl methyl sites for hydroxylation is 1. The van der Waals surface area contributed by atoms with Crippen LogP contribution in [-0.4, -0.2) is 26.0 Å². The van der Waals surface area contributed by atoms with Gasteiger partial charge in [-0.3, -0.25) is 0 Å². The third kappa shape index (κ3) is 4.42. The highest BCUT2D eigenvalue weighted by atomic mass is 35.5. The molecule has 1 aromatic heterocycles. The Morgan fingerprint density at radius 1 is 1.48 bits per heavy atom. The maximum atomic E-state index is 5.89. The van der Waals surface area contributed by atoms with Gasteiger partial charge in [-0.15, -0.1) is 5.10 Å². The Morgan fingerprint density at radius 3 is 3.10 bits per heavy atom. The smallest absolute Gasteiger partial charge is 0.191 e. The van der Waals surface area contributed by atoms with Gasteiger partial charge in [0.15, 0.2) is 18.3 Å². The average molecular weight is 309 g/mol. The SMILES string of the molecule is CCCCn1nnnc1CO/N=C(/N)c1cccc(Cl)c1. The van der Waals surface area contributed by atoms with Gasteiger partial charge in [-0.1, -0.05) is 42.2 Å². The maximum Gasteiger partial charge on any atom is 0.191 e. The topological polar surface area (TPSA) is 91.2 Å². The Kier molecular flexibility index (Phi) is 5.51. The van der Waals surface area contributed by atoms with Crippen LogP contribution < -0.4 is 5.73 Å². The lowest BCUT2D eigenvalue weighted by Gasteiger charge is -2.04. The molecule has 0 amide bonds. The lowest BCUT2D eigenvalue weighted by molar-refractivity contribution is 0.120. The van der Waals surface area contributed by atoms with E-state index in [9.17, 15) is 0 Å². The second kappa shape index (κ2) is 7.58. The molecule has 0 aliphatic heterocycles. The number of tetrazole rings is 1. The molecule has 8 heteroatoms. The van der Waals surface area contributed by atoms with E-state index in [2.05, 4.69) is 27.6 Å². The van der Waals surface area contributed by atoms with Gasteiger partial charge in [-0.05, 0) is 29.0 Å². The quantitative estimate of drug-likeness (QED) is 0.479. The number of nitrogens with two attached hydrogens (primary N) is 1. The Bertz CT molecular complexity index is 612. The van der Waals surface area contributed by atoms with Crippen molar-refractivity contribution in [2.24, 2.45) is 10.9 Å². The Labute approximate surface area is 127 Å². The Balaban J connectivity index is 1.94. The number of hydrogen-bond acceptors (Lipinski definition) is 5. The number of nitrogens with zero attached hydrogens (tertiary/aromatic N) is 5. The van der Waals surface area contributed by atoms with Crippen LogP contribution in [0.25, 0.3) is 0 Å². The van der Waals surface area contributed by atoms with E-state index >= 15 is 0 Å². The summed E-state index contributed by atoms with van der Waals surface area (Å²) in [4.78, 5) is 5.21. The monoisotopic (exact) mass is 308 g/mol. The normalized spacial score (nSPS) is 11.6. The van der Waals surface area contributed by atoms with Crippen molar-refractivity contribution in [3.05, 3.63) is 40.7 Å². The standard InChI is InChI=1S/C13H17ClN6O/c1-2-3-7-20-12(16-18-19-20)9-21-17-13(15)10-5-4-6-11(14)8-10/h4-6,8H,2-3,7,9H2,1H3,(H2,15,17). The molecule has 7 nitrogen and oxygen atoms in total. The first-order valence-corrected chi connectivity index (χ1v) is 7.05. The molecule has 21 heavy (non-hydrogen) atoms. The number of unbranched alkanes of at least 4 members (excludes halogenated alkanes) is 1. The molecule has 112 valence electrons. The van der Waals surface area contributed by atoms with Crippen molar-refractivity contribution >= 4 is 17.4 Å². The molecule has 0 aliphatic carbocycles. The minimum Gasteiger partial charge on any atom is -0.386 e. The largest absolute Gasteiger partial charge is 0.386 e. The van der Waals surface area contributed by atoms with E-state index in [0.29, 0.717) is 16.4 Å². The predicted octanol–water partition coefficient (Wildman–Crippen LogP) is 1.96. The summed E-state index contributed by atoms with van der Waals surface area (Å²) < 4.78 is 1.70. The summed E-state index contributed by atoms with van der Waals surface area (Å²) in [5.41, 5.74) is 6.53. The van der Waals surface area contributed by atoms with Crippen LogP contribution in [0.5, 0.6) is 0 Å². The van der Waals surface area contributed by atoms with E-state index in [4.69, 9.17) is 22.2 Å². The number of oxime groups is 1. The molecule has 0 bridgehead atoms. The van der Waals surface area contributed by atoms with E-state index < -0.39 is 0 Å². The van der Waals surface area contributed by atoms with Gasteiger partial charge >= 0.3 is 0 Å². The van der Waals surface area contributed by atoms with Gasteiger partial charge in [0.1, 0.15) is 0 Å². The van der Waals surface area contributed by atoms with Crippen molar-refractivity contribution in [2.75, 3.05) is 0 Å². The highest BCUT2D eigenvalue weighted by molar-refractivity contribution is 6.31. The Hall–Kier alpha value is -2.15. The van der Waals surface area contributed by atoms with Crippen molar-refractivity contribution in [3.8, 4) is 0 Å². The fraction of sp³-hybridized carbons (Fsp3) is 0.385. The molecule has 0 atom stereocenters.